The summed E-state index contributed by atoms with van der Waals surface area (Å²) in [6.45, 7) is 3.73. The summed E-state index contributed by atoms with van der Waals surface area (Å²) in [7, 11) is 0. The SMILES string of the molecule is CCC(=O)OC1CC(=O)C2C(OCC(COC3CCCC4OC(OC(=O)CC)CC(=O)C34)OC(=O)C(N)CCCCN)CCCC2O1. The minimum absolute atomic E-state index is 0.0508. The third-order valence-electron chi connectivity index (χ3n) is 9.34. The lowest BCUT2D eigenvalue weighted by molar-refractivity contribution is -0.228. The molecule has 4 N–H and O–H groups in total. The third kappa shape index (κ3) is 10.5. The van der Waals surface area contributed by atoms with Gasteiger partial charge >= 0.3 is 17.9 Å². The molecule has 0 radical (unpaired) electrons. The molecular weight excluding hydrogens is 616 g/mol. The molecule has 0 aromatic heterocycles. The monoisotopic (exact) mass is 668 g/mol. The predicted molar refractivity (Wildman–Crippen MR) is 164 cm³/mol. The maximum absolute atomic E-state index is 13.2. The summed E-state index contributed by atoms with van der Waals surface area (Å²) in [5, 5.41) is 0. The lowest BCUT2D eigenvalue weighted by Gasteiger charge is -2.42. The van der Waals surface area contributed by atoms with Crippen LogP contribution in [0.1, 0.15) is 97.3 Å². The summed E-state index contributed by atoms with van der Waals surface area (Å²) in [5.74, 6) is -2.73. The molecule has 0 bridgehead atoms. The smallest absolute Gasteiger partial charge is 0.323 e. The number of rotatable bonds is 16. The molecule has 4 aliphatic rings. The Balaban J connectivity index is 1.39. The molecule has 2 aliphatic heterocycles. The highest BCUT2D eigenvalue weighted by molar-refractivity contribution is 5.84. The fourth-order valence-corrected chi connectivity index (χ4v) is 6.89. The van der Waals surface area contributed by atoms with E-state index < -0.39 is 78.9 Å². The quantitative estimate of drug-likeness (QED) is 0.137. The number of esters is 3. The van der Waals surface area contributed by atoms with Gasteiger partial charge in [0.2, 0.25) is 12.6 Å². The second-order valence-electron chi connectivity index (χ2n) is 12.8. The van der Waals surface area contributed by atoms with Gasteiger partial charge in [0.1, 0.15) is 23.7 Å². The molecule has 9 atom stereocenters. The molecule has 0 aromatic rings. The Bertz CT molecular complexity index is 1020. The molecule has 4 fully saturated rings. The predicted octanol–water partition coefficient (Wildman–Crippen LogP) is 2.00. The second kappa shape index (κ2) is 18.3. The van der Waals surface area contributed by atoms with Crippen LogP contribution in [0.2, 0.25) is 0 Å². The first-order valence-electron chi connectivity index (χ1n) is 17.3. The van der Waals surface area contributed by atoms with Crippen molar-refractivity contribution in [3.8, 4) is 0 Å². The Labute approximate surface area is 276 Å². The molecule has 266 valence electrons. The molecule has 14 heteroatoms. The number of Topliss-reactive ketones (excluding diaryl/α,β-unsaturated/α-hetero) is 2. The van der Waals surface area contributed by atoms with Crippen LogP contribution in [0.25, 0.3) is 0 Å². The van der Waals surface area contributed by atoms with Crippen molar-refractivity contribution >= 4 is 29.5 Å². The first kappa shape index (κ1) is 37.3. The van der Waals surface area contributed by atoms with Crippen LogP contribution in [0.15, 0.2) is 0 Å². The van der Waals surface area contributed by atoms with Gasteiger partial charge in [0.15, 0.2) is 0 Å². The van der Waals surface area contributed by atoms with Crippen molar-refractivity contribution in [3.63, 3.8) is 0 Å². The Morgan fingerprint density at radius 1 is 0.787 bits per heavy atom. The number of ketones is 2. The molecule has 14 nitrogen and oxygen atoms in total. The standard InChI is InChI=1S/C33H52N2O12/c1-3-27(38)46-29-15-21(36)31-23(10-7-12-25(31)44-29)41-17-19(43-33(40)20(35)9-5-6-14-34)18-42-24-11-8-13-26-32(24)22(37)16-30(45-26)47-28(39)4-2/h19-20,23-26,29-32H,3-18,34-35H2,1-2H3. The van der Waals surface area contributed by atoms with Gasteiger partial charge < -0.3 is 44.6 Å². The topological polar surface area (TPSA) is 202 Å². The van der Waals surface area contributed by atoms with E-state index in [1.165, 1.54) is 0 Å². The van der Waals surface area contributed by atoms with Crippen molar-refractivity contribution in [3.05, 3.63) is 0 Å². The molecule has 2 aliphatic carbocycles. The van der Waals surface area contributed by atoms with Gasteiger partial charge in [-0.15, -0.1) is 0 Å². The highest BCUT2D eigenvalue weighted by Gasteiger charge is 2.47. The zero-order valence-electron chi connectivity index (χ0n) is 27.6. The van der Waals surface area contributed by atoms with Crippen molar-refractivity contribution in [2.75, 3.05) is 19.8 Å². The Morgan fingerprint density at radius 3 is 1.72 bits per heavy atom. The summed E-state index contributed by atoms with van der Waals surface area (Å²) in [6.07, 6.45) is 1.50. The highest BCUT2D eigenvalue weighted by atomic mass is 16.7. The van der Waals surface area contributed by atoms with E-state index in [0.29, 0.717) is 45.1 Å². The molecule has 0 spiro atoms. The molecule has 0 aromatic carbocycles. The van der Waals surface area contributed by atoms with Crippen LogP contribution < -0.4 is 11.5 Å². The van der Waals surface area contributed by atoms with Crippen molar-refractivity contribution in [1.29, 1.82) is 0 Å². The third-order valence-corrected chi connectivity index (χ3v) is 9.34. The normalized spacial score (nSPS) is 32.0. The first-order valence-corrected chi connectivity index (χ1v) is 17.3. The number of fused-ring (bicyclic) bond motifs is 2. The zero-order chi connectivity index (χ0) is 33.9. The highest BCUT2D eigenvalue weighted by Crippen LogP contribution is 2.38. The van der Waals surface area contributed by atoms with Crippen molar-refractivity contribution < 1.29 is 57.1 Å². The number of carbonyl (C=O) groups is 5. The van der Waals surface area contributed by atoms with Gasteiger partial charge in [0.05, 0.1) is 62.3 Å². The fourth-order valence-electron chi connectivity index (χ4n) is 6.89. The van der Waals surface area contributed by atoms with Crippen LogP contribution in [0.5, 0.6) is 0 Å². The van der Waals surface area contributed by atoms with Crippen molar-refractivity contribution in [2.45, 2.75) is 146 Å². The summed E-state index contributed by atoms with van der Waals surface area (Å²) < 4.78 is 40.9. The van der Waals surface area contributed by atoms with E-state index in [-0.39, 0.29) is 50.5 Å². The first-order chi connectivity index (χ1) is 22.6. The summed E-state index contributed by atoms with van der Waals surface area (Å²) >= 11 is 0. The Hall–Kier alpha value is -2.49. The lowest BCUT2D eigenvalue weighted by atomic mass is 9.78. The molecule has 47 heavy (non-hydrogen) atoms. The van der Waals surface area contributed by atoms with E-state index in [4.69, 9.17) is 44.6 Å². The number of unbranched alkanes of at least 4 members (excludes halogenated alkanes) is 1. The van der Waals surface area contributed by atoms with E-state index in [9.17, 15) is 24.0 Å². The van der Waals surface area contributed by atoms with Crippen LogP contribution in [0.4, 0.5) is 0 Å². The van der Waals surface area contributed by atoms with Gasteiger partial charge in [-0.1, -0.05) is 20.3 Å². The van der Waals surface area contributed by atoms with E-state index in [1.54, 1.807) is 13.8 Å². The number of carbonyl (C=O) groups excluding carboxylic acids is 5. The number of ether oxygens (including phenoxy) is 7. The number of hydrogen-bond acceptors (Lipinski definition) is 14. The van der Waals surface area contributed by atoms with E-state index in [0.717, 1.165) is 19.3 Å². The Kier molecular flexibility index (Phi) is 14.6. The minimum Gasteiger partial charge on any atom is -0.456 e. The van der Waals surface area contributed by atoms with Crippen LogP contribution in [-0.2, 0) is 57.1 Å². The van der Waals surface area contributed by atoms with Crippen LogP contribution in [-0.4, -0.2) is 98.4 Å². The van der Waals surface area contributed by atoms with Gasteiger partial charge in [-0.2, -0.15) is 0 Å². The van der Waals surface area contributed by atoms with Crippen LogP contribution in [0, 0.1) is 11.8 Å². The largest absolute Gasteiger partial charge is 0.456 e. The van der Waals surface area contributed by atoms with Gasteiger partial charge in [-0.3, -0.25) is 24.0 Å². The van der Waals surface area contributed by atoms with Gasteiger partial charge in [0, 0.05) is 12.8 Å². The maximum Gasteiger partial charge on any atom is 0.323 e. The van der Waals surface area contributed by atoms with E-state index >= 15 is 0 Å². The number of hydrogen-bond donors (Lipinski definition) is 2. The molecule has 0 amide bonds. The number of nitrogens with two attached hydrogens (primary N) is 2. The van der Waals surface area contributed by atoms with Crippen LogP contribution in [0.3, 0.4) is 0 Å². The average molecular weight is 669 g/mol. The summed E-state index contributed by atoms with van der Waals surface area (Å²) in [4.78, 5) is 62.9. The van der Waals surface area contributed by atoms with Crippen molar-refractivity contribution in [2.24, 2.45) is 23.3 Å². The van der Waals surface area contributed by atoms with Gasteiger partial charge in [-0.25, -0.2) is 0 Å². The molecular formula is C33H52N2O12. The van der Waals surface area contributed by atoms with E-state index in [1.807, 2.05) is 0 Å². The second-order valence-corrected chi connectivity index (χ2v) is 12.8. The molecule has 9 unspecified atom stereocenters. The summed E-state index contributed by atoms with van der Waals surface area (Å²) in [5.41, 5.74) is 11.7. The maximum atomic E-state index is 13.2. The van der Waals surface area contributed by atoms with Crippen LogP contribution >= 0.6 is 0 Å². The molecule has 2 heterocycles. The minimum atomic E-state index is -0.905. The lowest BCUT2D eigenvalue weighted by Crippen LogP contribution is -2.52. The van der Waals surface area contributed by atoms with Crippen molar-refractivity contribution in [1.82, 2.24) is 0 Å². The molecule has 2 saturated carbocycles. The Morgan fingerprint density at radius 2 is 1.28 bits per heavy atom. The summed E-state index contributed by atoms with van der Waals surface area (Å²) in [6, 6.07) is -0.852. The average Bonchev–Trinajstić information content (AvgIpc) is 3.05. The molecule has 4 rings (SSSR count). The molecule has 2 saturated heterocycles. The van der Waals surface area contributed by atoms with Gasteiger partial charge in [-0.05, 0) is 57.9 Å². The van der Waals surface area contributed by atoms with E-state index in [2.05, 4.69) is 0 Å². The van der Waals surface area contributed by atoms with Gasteiger partial charge in [0.25, 0.3) is 0 Å². The zero-order valence-corrected chi connectivity index (χ0v) is 27.6. The fraction of sp³-hybridized carbons (Fsp3) is 0.848.